The Labute approximate surface area is 189 Å². The Morgan fingerprint density at radius 2 is 1.78 bits per heavy atom. The molecular formula is C23H33N7O2. The monoisotopic (exact) mass is 439 g/mol. The minimum atomic E-state index is -0.596. The van der Waals surface area contributed by atoms with Gasteiger partial charge in [0.1, 0.15) is 0 Å². The van der Waals surface area contributed by atoms with Gasteiger partial charge in [0.15, 0.2) is 17.3 Å². The van der Waals surface area contributed by atoms with Crippen molar-refractivity contribution in [2.45, 2.75) is 32.2 Å². The molecule has 3 heterocycles. The number of aromatic nitrogens is 2. The van der Waals surface area contributed by atoms with Crippen molar-refractivity contribution < 1.29 is 9.53 Å². The molecule has 9 heteroatoms. The number of ether oxygens (including phenoxy) is 1. The van der Waals surface area contributed by atoms with Gasteiger partial charge in [-0.15, -0.1) is 0 Å². The van der Waals surface area contributed by atoms with Crippen LogP contribution in [0.2, 0.25) is 0 Å². The topological polar surface area (TPSA) is 109 Å². The number of carbonyl (C=O) groups is 1. The summed E-state index contributed by atoms with van der Waals surface area (Å²) in [5.41, 5.74) is 8.54. The first-order chi connectivity index (χ1) is 15.5. The van der Waals surface area contributed by atoms with Gasteiger partial charge in [-0.3, -0.25) is 4.79 Å². The van der Waals surface area contributed by atoms with Crippen LogP contribution in [0.3, 0.4) is 0 Å². The number of amides is 1. The van der Waals surface area contributed by atoms with E-state index in [0.29, 0.717) is 18.1 Å². The molecule has 0 aliphatic carbocycles. The minimum absolute atomic E-state index is 0.155. The molecule has 2 aliphatic heterocycles. The van der Waals surface area contributed by atoms with E-state index in [2.05, 4.69) is 44.6 Å². The van der Waals surface area contributed by atoms with Gasteiger partial charge in [0.2, 0.25) is 0 Å². The van der Waals surface area contributed by atoms with Gasteiger partial charge in [0.25, 0.3) is 5.91 Å². The lowest BCUT2D eigenvalue weighted by molar-refractivity contribution is 0.0903. The first kappa shape index (κ1) is 22.3. The third-order valence-electron chi connectivity index (χ3n) is 6.10. The number of rotatable bonds is 7. The lowest BCUT2D eigenvalue weighted by Crippen LogP contribution is -2.44. The Morgan fingerprint density at radius 1 is 1.09 bits per heavy atom. The van der Waals surface area contributed by atoms with Gasteiger partial charge in [-0.1, -0.05) is 6.92 Å². The van der Waals surface area contributed by atoms with Crippen LogP contribution >= 0.6 is 0 Å². The van der Waals surface area contributed by atoms with Crippen LogP contribution in [0, 0.1) is 0 Å². The highest BCUT2D eigenvalue weighted by Gasteiger charge is 2.21. The van der Waals surface area contributed by atoms with Crippen molar-refractivity contribution in [3.05, 3.63) is 35.7 Å². The van der Waals surface area contributed by atoms with E-state index in [9.17, 15) is 4.79 Å². The minimum Gasteiger partial charge on any atom is -0.381 e. The van der Waals surface area contributed by atoms with Gasteiger partial charge in [-0.25, -0.2) is 9.97 Å². The number of carbonyl (C=O) groups excluding carboxylic acids is 1. The van der Waals surface area contributed by atoms with E-state index in [1.165, 1.54) is 5.69 Å². The largest absolute Gasteiger partial charge is 0.381 e. The third kappa shape index (κ3) is 5.28. The molecule has 4 rings (SSSR count). The van der Waals surface area contributed by atoms with Gasteiger partial charge >= 0.3 is 0 Å². The maximum Gasteiger partial charge on any atom is 0.271 e. The maximum atomic E-state index is 12.1. The second-order valence-corrected chi connectivity index (χ2v) is 8.43. The Morgan fingerprint density at radius 3 is 2.41 bits per heavy atom. The predicted molar refractivity (Wildman–Crippen MR) is 127 cm³/mol. The molecule has 2 aliphatic rings. The van der Waals surface area contributed by atoms with Crippen LogP contribution in [0.15, 0.2) is 24.3 Å². The SMILES string of the molecule is CCc1nc(C(N)=O)c(Nc2ccc(N3CCN(C)CC3)cc2)nc1NC1CCOCC1. The number of hydrogen-bond donors (Lipinski definition) is 3. The highest BCUT2D eigenvalue weighted by atomic mass is 16.5. The summed E-state index contributed by atoms with van der Waals surface area (Å²) in [6, 6.07) is 8.46. The lowest BCUT2D eigenvalue weighted by Gasteiger charge is -2.34. The van der Waals surface area contributed by atoms with Crippen molar-refractivity contribution in [3.8, 4) is 0 Å². The summed E-state index contributed by atoms with van der Waals surface area (Å²) >= 11 is 0. The van der Waals surface area contributed by atoms with Gasteiger partial charge < -0.3 is 30.9 Å². The fourth-order valence-corrected chi connectivity index (χ4v) is 4.08. The molecule has 0 atom stereocenters. The van der Waals surface area contributed by atoms with Crippen LogP contribution in [-0.4, -0.2) is 73.3 Å². The van der Waals surface area contributed by atoms with E-state index < -0.39 is 5.91 Å². The van der Waals surface area contributed by atoms with Crippen LogP contribution in [0.4, 0.5) is 23.0 Å². The number of anilines is 4. The number of piperazine rings is 1. The first-order valence-electron chi connectivity index (χ1n) is 11.4. The lowest BCUT2D eigenvalue weighted by atomic mass is 10.1. The fourth-order valence-electron chi connectivity index (χ4n) is 4.08. The van der Waals surface area contributed by atoms with Crippen molar-refractivity contribution in [1.82, 2.24) is 14.9 Å². The van der Waals surface area contributed by atoms with Crippen LogP contribution < -0.4 is 21.3 Å². The molecule has 9 nitrogen and oxygen atoms in total. The van der Waals surface area contributed by atoms with E-state index >= 15 is 0 Å². The summed E-state index contributed by atoms with van der Waals surface area (Å²) in [6.07, 6.45) is 2.48. The van der Waals surface area contributed by atoms with E-state index in [0.717, 1.165) is 63.6 Å². The summed E-state index contributed by atoms with van der Waals surface area (Å²) < 4.78 is 5.45. The van der Waals surface area contributed by atoms with Crippen molar-refractivity contribution in [1.29, 1.82) is 0 Å². The van der Waals surface area contributed by atoms with Crippen molar-refractivity contribution >= 4 is 28.9 Å². The zero-order valence-electron chi connectivity index (χ0n) is 18.9. The molecule has 172 valence electrons. The van der Waals surface area contributed by atoms with Crippen molar-refractivity contribution in [3.63, 3.8) is 0 Å². The Hall–Kier alpha value is -2.91. The first-order valence-corrected chi connectivity index (χ1v) is 11.4. The molecule has 0 saturated carbocycles. The normalized spacial score (nSPS) is 17.9. The molecule has 0 spiro atoms. The van der Waals surface area contributed by atoms with E-state index in [4.69, 9.17) is 15.5 Å². The zero-order valence-corrected chi connectivity index (χ0v) is 18.9. The van der Waals surface area contributed by atoms with E-state index in [1.807, 2.05) is 19.1 Å². The Kier molecular flexibility index (Phi) is 7.06. The van der Waals surface area contributed by atoms with Crippen LogP contribution in [0.5, 0.6) is 0 Å². The summed E-state index contributed by atoms with van der Waals surface area (Å²) in [5.74, 6) is 0.471. The molecule has 0 unspecified atom stereocenters. The van der Waals surface area contributed by atoms with Gasteiger partial charge in [0.05, 0.1) is 5.69 Å². The summed E-state index contributed by atoms with van der Waals surface area (Å²) in [5, 5.41) is 6.75. The van der Waals surface area contributed by atoms with Gasteiger partial charge in [-0.05, 0) is 50.6 Å². The van der Waals surface area contributed by atoms with Crippen LogP contribution in [-0.2, 0) is 11.2 Å². The molecule has 2 saturated heterocycles. The number of primary amides is 1. The van der Waals surface area contributed by atoms with Gasteiger partial charge in [-0.2, -0.15) is 0 Å². The number of nitrogens with zero attached hydrogens (tertiary/aromatic N) is 4. The molecule has 1 aromatic heterocycles. The van der Waals surface area contributed by atoms with E-state index in [-0.39, 0.29) is 11.7 Å². The average molecular weight is 440 g/mol. The molecule has 1 amide bonds. The van der Waals surface area contributed by atoms with Gasteiger partial charge in [0, 0.05) is 56.8 Å². The molecular weight excluding hydrogens is 406 g/mol. The van der Waals surface area contributed by atoms with Crippen molar-refractivity contribution in [2.75, 3.05) is 62.0 Å². The number of aryl methyl sites for hydroxylation is 1. The molecule has 0 radical (unpaired) electrons. The molecule has 0 bridgehead atoms. The van der Waals surface area contributed by atoms with Crippen LogP contribution in [0.25, 0.3) is 0 Å². The Balaban J connectivity index is 1.54. The smallest absolute Gasteiger partial charge is 0.271 e. The molecule has 32 heavy (non-hydrogen) atoms. The molecule has 2 aromatic rings. The predicted octanol–water partition coefficient (Wildman–Crippen LogP) is 2.22. The molecule has 2 fully saturated rings. The second-order valence-electron chi connectivity index (χ2n) is 8.43. The number of hydrogen-bond acceptors (Lipinski definition) is 8. The number of benzene rings is 1. The number of likely N-dealkylation sites (N-methyl/N-ethyl adjacent to an activating group) is 1. The third-order valence-corrected chi connectivity index (χ3v) is 6.10. The quantitative estimate of drug-likeness (QED) is 0.603. The highest BCUT2D eigenvalue weighted by Crippen LogP contribution is 2.26. The van der Waals surface area contributed by atoms with Crippen LogP contribution in [0.1, 0.15) is 35.9 Å². The highest BCUT2D eigenvalue weighted by molar-refractivity contribution is 5.96. The standard InChI is InChI=1S/C23H33N7O2/c1-3-19-22(25-17-8-14-32-15-9-17)28-23(20(27-19)21(24)31)26-16-4-6-18(7-5-16)30-12-10-29(2)11-13-30/h4-7,17H,3,8-15H2,1-2H3,(H2,24,31)(H2,25,26,28). The fraction of sp³-hybridized carbons (Fsp3) is 0.522. The molecule has 4 N–H and O–H groups in total. The van der Waals surface area contributed by atoms with Crippen molar-refractivity contribution in [2.24, 2.45) is 5.73 Å². The zero-order chi connectivity index (χ0) is 22.5. The van der Waals surface area contributed by atoms with E-state index in [1.54, 1.807) is 0 Å². The second kappa shape index (κ2) is 10.1. The number of nitrogens with two attached hydrogens (primary N) is 1. The average Bonchev–Trinajstić information content (AvgIpc) is 2.81. The Bertz CT molecular complexity index is 921. The molecule has 1 aromatic carbocycles. The number of nitrogens with one attached hydrogen (secondary N) is 2. The maximum absolute atomic E-state index is 12.1. The summed E-state index contributed by atoms with van der Waals surface area (Å²) in [7, 11) is 2.15. The summed E-state index contributed by atoms with van der Waals surface area (Å²) in [6.45, 7) is 7.61. The summed E-state index contributed by atoms with van der Waals surface area (Å²) in [4.78, 5) is 26.1.